The Kier molecular flexibility index (Phi) is 5.38. The van der Waals surface area contributed by atoms with Gasteiger partial charge in [-0.25, -0.2) is 0 Å². The average Bonchev–Trinajstić information content (AvgIpc) is 3.35. The van der Waals surface area contributed by atoms with Gasteiger partial charge in [0.05, 0.1) is 0 Å². The zero-order valence-corrected chi connectivity index (χ0v) is 19.3. The molecule has 0 fully saturated rings. The van der Waals surface area contributed by atoms with Crippen molar-refractivity contribution in [3.8, 4) is 21.6 Å². The largest absolute Gasteiger partial charge is 0.311 e. The molecule has 0 aliphatic carbocycles. The molecule has 0 aliphatic heterocycles. The zero-order chi connectivity index (χ0) is 22.7. The Hall–Kier alpha value is -4.21. The summed E-state index contributed by atoms with van der Waals surface area (Å²) >= 11 is 1.83. The summed E-state index contributed by atoms with van der Waals surface area (Å²) in [6, 6.07) is 43.0. The first-order valence-corrected chi connectivity index (χ1v) is 12.1. The molecule has 0 aliphatic rings. The van der Waals surface area contributed by atoms with Crippen LogP contribution in [0, 0.1) is 0 Å². The van der Waals surface area contributed by atoms with Gasteiger partial charge in [0.2, 0.25) is 0 Å². The van der Waals surface area contributed by atoms with Crippen LogP contribution in [0.2, 0.25) is 0 Å². The van der Waals surface area contributed by atoms with Gasteiger partial charge in [-0.05, 0) is 82.7 Å². The maximum Gasteiger partial charge on any atom is 0.0462 e. The lowest BCUT2D eigenvalue weighted by Crippen LogP contribution is -2.09. The number of nitrogens with zero attached hydrogens (tertiary/aromatic N) is 2. The number of aromatic nitrogens is 1. The Bertz CT molecular complexity index is 1480. The minimum absolute atomic E-state index is 1.14. The monoisotopic (exact) mass is 454 g/mol. The van der Waals surface area contributed by atoms with E-state index in [-0.39, 0.29) is 0 Å². The van der Waals surface area contributed by atoms with Gasteiger partial charge in [0.1, 0.15) is 0 Å². The molecular weight excluding hydrogens is 432 g/mol. The molecule has 0 N–H and O–H groups in total. The Labute approximate surface area is 203 Å². The highest BCUT2D eigenvalue weighted by Gasteiger charge is 2.12. The quantitative estimate of drug-likeness (QED) is 0.258. The third kappa shape index (κ3) is 3.98. The first-order chi connectivity index (χ1) is 16.8. The summed E-state index contributed by atoms with van der Waals surface area (Å²) in [5.41, 5.74) is 7.08. The number of hydrogen-bond donors (Lipinski definition) is 0. The Morgan fingerprint density at radius 3 is 1.74 bits per heavy atom. The first-order valence-electron chi connectivity index (χ1n) is 11.3. The molecular formula is C31H22N2S. The second-order valence-corrected chi connectivity index (χ2v) is 9.24. The second-order valence-electron chi connectivity index (χ2n) is 8.15. The number of fused-ring (bicyclic) bond motifs is 1. The van der Waals surface area contributed by atoms with E-state index in [4.69, 9.17) is 0 Å². The number of thiophene rings is 1. The lowest BCUT2D eigenvalue weighted by Gasteiger charge is -2.25. The predicted octanol–water partition coefficient (Wildman–Crippen LogP) is 9.10. The van der Waals surface area contributed by atoms with Gasteiger partial charge in [-0.2, -0.15) is 0 Å². The molecule has 2 aromatic heterocycles. The van der Waals surface area contributed by atoms with E-state index in [1.807, 2.05) is 23.7 Å². The number of pyridine rings is 1. The van der Waals surface area contributed by atoms with E-state index in [1.165, 1.54) is 31.7 Å². The fourth-order valence-electron chi connectivity index (χ4n) is 4.27. The van der Waals surface area contributed by atoms with Crippen LogP contribution in [0.25, 0.3) is 31.7 Å². The van der Waals surface area contributed by atoms with Crippen molar-refractivity contribution >= 4 is 38.5 Å². The summed E-state index contributed by atoms with van der Waals surface area (Å²) in [7, 11) is 0. The van der Waals surface area contributed by atoms with Crippen LogP contribution in [0.1, 0.15) is 0 Å². The van der Waals surface area contributed by atoms with E-state index in [0.717, 1.165) is 17.1 Å². The third-order valence-corrected chi connectivity index (χ3v) is 7.12. The molecule has 0 bridgehead atoms. The van der Waals surface area contributed by atoms with Crippen molar-refractivity contribution in [2.75, 3.05) is 4.90 Å². The fourth-order valence-corrected chi connectivity index (χ4v) is 5.38. The van der Waals surface area contributed by atoms with Gasteiger partial charge in [-0.15, -0.1) is 11.3 Å². The van der Waals surface area contributed by atoms with Crippen LogP contribution < -0.4 is 4.90 Å². The molecule has 0 saturated heterocycles. The molecule has 6 aromatic rings. The summed E-state index contributed by atoms with van der Waals surface area (Å²) in [5.74, 6) is 0. The molecule has 3 heteroatoms. The third-order valence-electron chi connectivity index (χ3n) is 5.97. The van der Waals surface area contributed by atoms with Gasteiger partial charge in [0.25, 0.3) is 0 Å². The summed E-state index contributed by atoms with van der Waals surface area (Å²) in [6.45, 7) is 0. The highest BCUT2D eigenvalue weighted by molar-refractivity contribution is 7.22. The van der Waals surface area contributed by atoms with E-state index >= 15 is 0 Å². The topological polar surface area (TPSA) is 16.1 Å². The van der Waals surface area contributed by atoms with Crippen LogP contribution in [0.15, 0.2) is 134 Å². The summed E-state index contributed by atoms with van der Waals surface area (Å²) in [6.07, 6.45) is 3.70. The van der Waals surface area contributed by atoms with Crippen LogP contribution in [0.5, 0.6) is 0 Å². The standard InChI is InChI=1S/C31H22N2S/c1-3-7-27(8-4-1)33(28-9-5-2-6-10-28)29-15-13-23(14-16-29)25-11-12-26-22-30(34-31(26)21-25)24-17-19-32-20-18-24/h1-22H. The number of hydrogen-bond acceptors (Lipinski definition) is 3. The first kappa shape index (κ1) is 20.4. The molecule has 6 rings (SSSR count). The molecule has 2 heterocycles. The van der Waals surface area contributed by atoms with Crippen molar-refractivity contribution in [1.82, 2.24) is 4.98 Å². The van der Waals surface area contributed by atoms with Crippen molar-refractivity contribution in [2.45, 2.75) is 0 Å². The molecule has 4 aromatic carbocycles. The summed E-state index contributed by atoms with van der Waals surface area (Å²) in [5, 5.41) is 1.27. The van der Waals surface area contributed by atoms with Crippen molar-refractivity contribution in [1.29, 1.82) is 0 Å². The SMILES string of the molecule is c1ccc(N(c2ccccc2)c2ccc(-c3ccc4cc(-c5ccncc5)sc4c3)cc2)cc1. The summed E-state index contributed by atoms with van der Waals surface area (Å²) in [4.78, 5) is 7.69. The van der Waals surface area contributed by atoms with Gasteiger partial charge in [-0.1, -0.05) is 60.7 Å². The van der Waals surface area contributed by atoms with E-state index in [0.29, 0.717) is 0 Å². The van der Waals surface area contributed by atoms with Crippen LogP contribution in [-0.4, -0.2) is 4.98 Å². The minimum atomic E-state index is 1.14. The van der Waals surface area contributed by atoms with E-state index in [9.17, 15) is 0 Å². The summed E-state index contributed by atoms with van der Waals surface area (Å²) < 4.78 is 1.29. The molecule has 0 unspecified atom stereocenters. The number of benzene rings is 4. The molecule has 0 amide bonds. The van der Waals surface area contributed by atoms with Gasteiger partial charge >= 0.3 is 0 Å². The predicted molar refractivity (Wildman–Crippen MR) is 145 cm³/mol. The van der Waals surface area contributed by atoms with Crippen LogP contribution in [-0.2, 0) is 0 Å². The van der Waals surface area contributed by atoms with Crippen LogP contribution in [0.3, 0.4) is 0 Å². The smallest absolute Gasteiger partial charge is 0.0462 e. The van der Waals surface area contributed by atoms with Crippen LogP contribution >= 0.6 is 11.3 Å². The average molecular weight is 455 g/mol. The molecule has 34 heavy (non-hydrogen) atoms. The fraction of sp³-hybridized carbons (Fsp3) is 0. The van der Waals surface area contributed by atoms with Crippen molar-refractivity contribution in [2.24, 2.45) is 0 Å². The molecule has 2 nitrogen and oxygen atoms in total. The Balaban J connectivity index is 1.35. The Morgan fingerprint density at radius 1 is 0.500 bits per heavy atom. The molecule has 0 saturated carbocycles. The Morgan fingerprint density at radius 2 is 1.09 bits per heavy atom. The van der Waals surface area contributed by atoms with Crippen LogP contribution in [0.4, 0.5) is 17.1 Å². The second kappa shape index (κ2) is 8.97. The lowest BCUT2D eigenvalue weighted by atomic mass is 10.0. The molecule has 0 atom stereocenters. The maximum absolute atomic E-state index is 4.14. The molecule has 162 valence electrons. The number of anilines is 3. The normalized spacial score (nSPS) is 10.9. The van der Waals surface area contributed by atoms with Crippen molar-refractivity contribution in [3.05, 3.63) is 134 Å². The highest BCUT2D eigenvalue weighted by atomic mass is 32.1. The molecule has 0 radical (unpaired) electrons. The van der Waals surface area contributed by atoms with Crippen molar-refractivity contribution in [3.63, 3.8) is 0 Å². The lowest BCUT2D eigenvalue weighted by molar-refractivity contribution is 1.28. The van der Waals surface area contributed by atoms with E-state index in [2.05, 4.69) is 131 Å². The van der Waals surface area contributed by atoms with Crippen molar-refractivity contribution < 1.29 is 0 Å². The van der Waals surface area contributed by atoms with Gasteiger partial charge in [0, 0.05) is 39.0 Å². The van der Waals surface area contributed by atoms with Gasteiger partial charge in [0.15, 0.2) is 0 Å². The van der Waals surface area contributed by atoms with Gasteiger partial charge in [-0.3, -0.25) is 4.98 Å². The highest BCUT2D eigenvalue weighted by Crippen LogP contribution is 2.38. The number of rotatable bonds is 5. The van der Waals surface area contributed by atoms with E-state index in [1.54, 1.807) is 0 Å². The number of para-hydroxylation sites is 2. The maximum atomic E-state index is 4.14. The minimum Gasteiger partial charge on any atom is -0.311 e. The molecule has 0 spiro atoms. The zero-order valence-electron chi connectivity index (χ0n) is 18.5. The van der Waals surface area contributed by atoms with Gasteiger partial charge < -0.3 is 4.90 Å². The van der Waals surface area contributed by atoms with E-state index < -0.39 is 0 Å².